The molecule has 7 heteroatoms. The van der Waals surface area contributed by atoms with E-state index in [0.29, 0.717) is 23.6 Å². The van der Waals surface area contributed by atoms with Gasteiger partial charge in [0.15, 0.2) is 0 Å². The van der Waals surface area contributed by atoms with Crippen molar-refractivity contribution < 1.29 is 5.11 Å². The van der Waals surface area contributed by atoms with E-state index in [2.05, 4.69) is 41.0 Å². The van der Waals surface area contributed by atoms with Gasteiger partial charge in [0.1, 0.15) is 11.0 Å². The van der Waals surface area contributed by atoms with E-state index in [1.54, 1.807) is 10.9 Å². The Morgan fingerprint density at radius 1 is 1.26 bits per heavy atom. The average molecular weight is 441 g/mol. The molecule has 166 valence electrons. The third-order valence-electron chi connectivity index (χ3n) is 6.55. The number of fused-ring (bicyclic) bond motifs is 1. The number of thiophene rings is 1. The van der Waals surface area contributed by atoms with E-state index in [0.717, 1.165) is 35.6 Å². The monoisotopic (exact) mass is 440 g/mol. The first-order valence-electron chi connectivity index (χ1n) is 11.0. The minimum atomic E-state index is -0.673. The number of aromatic nitrogens is 2. The molecule has 0 amide bonds. The van der Waals surface area contributed by atoms with Gasteiger partial charge in [-0.05, 0) is 77.0 Å². The van der Waals surface area contributed by atoms with Crippen LogP contribution in [0.25, 0.3) is 15.9 Å². The first-order valence-corrected chi connectivity index (χ1v) is 11.8. The van der Waals surface area contributed by atoms with Crippen molar-refractivity contribution in [3.05, 3.63) is 51.9 Å². The fourth-order valence-corrected chi connectivity index (χ4v) is 5.10. The molecular weight excluding hydrogens is 408 g/mol. The van der Waals surface area contributed by atoms with Gasteiger partial charge in [-0.3, -0.25) is 9.36 Å². The van der Waals surface area contributed by atoms with Gasteiger partial charge in [0.05, 0.1) is 16.8 Å². The smallest absolute Gasteiger partial charge is 0.275 e. The number of anilines is 1. The first-order chi connectivity index (χ1) is 14.8. The predicted molar refractivity (Wildman–Crippen MR) is 129 cm³/mol. The Labute approximate surface area is 187 Å². The maximum Gasteiger partial charge on any atom is 0.275 e. The molecule has 3 aromatic rings. The van der Waals surface area contributed by atoms with Crippen molar-refractivity contribution in [2.24, 2.45) is 0 Å². The van der Waals surface area contributed by atoms with E-state index >= 15 is 0 Å². The zero-order valence-corrected chi connectivity index (χ0v) is 19.7. The van der Waals surface area contributed by atoms with E-state index in [-0.39, 0.29) is 5.56 Å². The molecule has 0 spiro atoms. The van der Waals surface area contributed by atoms with Crippen LogP contribution in [-0.4, -0.2) is 58.4 Å². The Morgan fingerprint density at radius 2 is 1.97 bits per heavy atom. The summed E-state index contributed by atoms with van der Waals surface area (Å²) in [4.78, 5) is 23.4. The number of aryl methyl sites for hydroxylation is 1. The standard InChI is InChI=1S/C24H32N4O2S/c1-5-24(2,30)12-10-20-14-21-22(31-20)23(29)28(16-25-21)18-8-6-17(7-9-18)27-13-11-19(15-27)26(3)4/h6-9,14,16,19,30H,5,10-13,15H2,1-4H3/t19-,24?/m1/s1. The number of aliphatic hydroxyl groups is 1. The Balaban J connectivity index is 1.54. The molecule has 0 aliphatic carbocycles. The molecule has 0 bridgehead atoms. The minimum absolute atomic E-state index is 0.0369. The topological polar surface area (TPSA) is 61.6 Å². The van der Waals surface area contributed by atoms with Gasteiger partial charge in [-0.25, -0.2) is 4.98 Å². The van der Waals surface area contributed by atoms with E-state index in [1.807, 2.05) is 32.0 Å². The predicted octanol–water partition coefficient (Wildman–Crippen LogP) is 3.68. The number of likely N-dealkylation sites (N-methyl/N-ethyl adjacent to an activating group) is 1. The zero-order chi connectivity index (χ0) is 22.2. The summed E-state index contributed by atoms with van der Waals surface area (Å²) in [5.74, 6) is 0. The number of benzene rings is 1. The molecular formula is C24H32N4O2S. The number of nitrogens with zero attached hydrogens (tertiary/aromatic N) is 4. The highest BCUT2D eigenvalue weighted by Crippen LogP contribution is 2.26. The van der Waals surface area contributed by atoms with Crippen LogP contribution in [0.4, 0.5) is 5.69 Å². The highest BCUT2D eigenvalue weighted by atomic mass is 32.1. The Hall–Kier alpha value is -2.22. The summed E-state index contributed by atoms with van der Waals surface area (Å²) in [6, 6.07) is 10.8. The maximum atomic E-state index is 13.1. The van der Waals surface area contributed by atoms with E-state index in [1.165, 1.54) is 23.4 Å². The van der Waals surface area contributed by atoms with Crippen LogP contribution in [0, 0.1) is 0 Å². The lowest BCUT2D eigenvalue weighted by Crippen LogP contribution is -2.31. The third kappa shape index (κ3) is 4.68. The molecule has 1 aliphatic rings. The number of rotatable bonds is 7. The van der Waals surface area contributed by atoms with Crippen molar-refractivity contribution in [3.63, 3.8) is 0 Å². The van der Waals surface area contributed by atoms with Gasteiger partial charge in [0, 0.05) is 29.7 Å². The molecule has 2 aromatic heterocycles. The lowest BCUT2D eigenvalue weighted by atomic mass is 9.97. The van der Waals surface area contributed by atoms with Gasteiger partial charge in [-0.1, -0.05) is 6.92 Å². The van der Waals surface area contributed by atoms with Crippen molar-refractivity contribution in [3.8, 4) is 5.69 Å². The average Bonchev–Trinajstić information content (AvgIpc) is 3.41. The Kier molecular flexibility index (Phi) is 6.19. The summed E-state index contributed by atoms with van der Waals surface area (Å²) in [5.41, 5.74) is 2.05. The van der Waals surface area contributed by atoms with Crippen LogP contribution in [0.1, 0.15) is 38.0 Å². The van der Waals surface area contributed by atoms with E-state index in [9.17, 15) is 9.90 Å². The summed E-state index contributed by atoms with van der Waals surface area (Å²) in [6.45, 7) is 5.93. The number of hydrogen-bond acceptors (Lipinski definition) is 6. The van der Waals surface area contributed by atoms with Gasteiger partial charge < -0.3 is 14.9 Å². The Morgan fingerprint density at radius 3 is 2.61 bits per heavy atom. The molecule has 1 N–H and O–H groups in total. The maximum absolute atomic E-state index is 13.1. The van der Waals surface area contributed by atoms with Gasteiger partial charge in [-0.15, -0.1) is 11.3 Å². The summed E-state index contributed by atoms with van der Waals surface area (Å²) in [6.07, 6.45) is 4.93. The highest BCUT2D eigenvalue weighted by molar-refractivity contribution is 7.18. The SMILES string of the molecule is CCC(C)(O)CCc1cc2ncn(-c3ccc(N4CC[C@@H](N(C)C)C4)cc3)c(=O)c2s1. The Bertz CT molecular complexity index is 1100. The molecule has 0 radical (unpaired) electrons. The van der Waals surface area contributed by atoms with Crippen LogP contribution >= 0.6 is 11.3 Å². The van der Waals surface area contributed by atoms with Crippen molar-refractivity contribution in [2.45, 2.75) is 51.2 Å². The van der Waals surface area contributed by atoms with Gasteiger partial charge in [-0.2, -0.15) is 0 Å². The normalized spacial score (nSPS) is 18.8. The van der Waals surface area contributed by atoms with E-state index in [4.69, 9.17) is 0 Å². The van der Waals surface area contributed by atoms with Crippen molar-refractivity contribution >= 4 is 27.2 Å². The minimum Gasteiger partial charge on any atom is -0.390 e. The summed E-state index contributed by atoms with van der Waals surface area (Å²) < 4.78 is 2.30. The largest absolute Gasteiger partial charge is 0.390 e. The molecule has 1 aromatic carbocycles. The molecule has 6 nitrogen and oxygen atoms in total. The quantitative estimate of drug-likeness (QED) is 0.607. The summed E-state index contributed by atoms with van der Waals surface area (Å²) in [5, 5.41) is 10.3. The third-order valence-corrected chi connectivity index (χ3v) is 7.72. The van der Waals surface area contributed by atoms with Crippen LogP contribution in [0.3, 0.4) is 0 Å². The molecule has 2 atom stereocenters. The summed E-state index contributed by atoms with van der Waals surface area (Å²) >= 11 is 1.49. The second kappa shape index (κ2) is 8.73. The second-order valence-electron chi connectivity index (χ2n) is 9.07. The van der Waals surface area contributed by atoms with Crippen LogP contribution in [0.2, 0.25) is 0 Å². The molecule has 3 heterocycles. The second-order valence-corrected chi connectivity index (χ2v) is 10.2. The highest BCUT2D eigenvalue weighted by Gasteiger charge is 2.24. The van der Waals surface area contributed by atoms with Gasteiger partial charge >= 0.3 is 0 Å². The molecule has 4 rings (SSSR count). The summed E-state index contributed by atoms with van der Waals surface area (Å²) in [7, 11) is 4.27. The van der Waals surface area contributed by atoms with Gasteiger partial charge in [0.2, 0.25) is 0 Å². The van der Waals surface area contributed by atoms with Crippen LogP contribution < -0.4 is 10.5 Å². The molecule has 0 saturated carbocycles. The lowest BCUT2D eigenvalue weighted by molar-refractivity contribution is 0.0475. The van der Waals surface area contributed by atoms with Crippen molar-refractivity contribution in [1.82, 2.24) is 14.5 Å². The molecule has 1 unspecified atom stereocenters. The van der Waals surface area contributed by atoms with Gasteiger partial charge in [0.25, 0.3) is 5.56 Å². The van der Waals surface area contributed by atoms with Crippen molar-refractivity contribution in [2.75, 3.05) is 32.1 Å². The van der Waals surface area contributed by atoms with Crippen molar-refractivity contribution in [1.29, 1.82) is 0 Å². The molecule has 1 aliphatic heterocycles. The first kappa shape index (κ1) is 22.0. The lowest BCUT2D eigenvalue weighted by Gasteiger charge is -2.22. The van der Waals surface area contributed by atoms with Crippen LogP contribution in [0.15, 0.2) is 41.5 Å². The van der Waals surface area contributed by atoms with Crippen LogP contribution in [0.5, 0.6) is 0 Å². The fourth-order valence-electron chi connectivity index (χ4n) is 4.06. The van der Waals surface area contributed by atoms with Crippen LogP contribution in [-0.2, 0) is 6.42 Å². The van der Waals surface area contributed by atoms with E-state index < -0.39 is 5.60 Å². The molecule has 31 heavy (non-hydrogen) atoms. The zero-order valence-electron chi connectivity index (χ0n) is 18.8. The number of hydrogen-bond donors (Lipinski definition) is 1. The fraction of sp³-hybridized carbons (Fsp3) is 0.500. The molecule has 1 fully saturated rings. The molecule has 1 saturated heterocycles.